The molecule has 0 spiro atoms. The first kappa shape index (κ1) is 14.0. The molecule has 0 unspecified atom stereocenters. The van der Waals surface area contributed by atoms with E-state index >= 15 is 0 Å². The van der Waals surface area contributed by atoms with Crippen LogP contribution in [0, 0.1) is 30.2 Å². The van der Waals surface area contributed by atoms with Crippen molar-refractivity contribution in [3.05, 3.63) is 65.2 Å². The Morgan fingerprint density at radius 2 is 1.39 bits per heavy atom. The molecule has 0 saturated carbocycles. The van der Waals surface area contributed by atoms with E-state index in [0.717, 1.165) is 23.8 Å². The highest BCUT2D eigenvalue weighted by molar-refractivity contribution is 5.27. The van der Waals surface area contributed by atoms with Gasteiger partial charge in [0.05, 0.1) is 0 Å². The summed E-state index contributed by atoms with van der Waals surface area (Å²) in [7, 11) is 0. The fraction of sp³-hybridized carbons (Fsp3) is 0.0769. The predicted octanol–water partition coefficient (Wildman–Crippen LogP) is 3.94. The third-order valence-electron chi connectivity index (χ3n) is 2.01. The Morgan fingerprint density at radius 3 is 1.78 bits per heavy atom. The number of phenolic OH excluding ortho intramolecular Hbond substituents is 1. The molecule has 0 fully saturated rings. The summed E-state index contributed by atoms with van der Waals surface area (Å²) >= 11 is 0. The van der Waals surface area contributed by atoms with Crippen LogP contribution in [0.4, 0.5) is 17.6 Å². The van der Waals surface area contributed by atoms with Crippen LogP contribution in [0.3, 0.4) is 0 Å². The summed E-state index contributed by atoms with van der Waals surface area (Å²) in [5.41, 5.74) is 0.855. The van der Waals surface area contributed by atoms with Gasteiger partial charge in [-0.15, -0.1) is 0 Å². The van der Waals surface area contributed by atoms with E-state index in [9.17, 15) is 17.6 Å². The third-order valence-corrected chi connectivity index (χ3v) is 2.01. The van der Waals surface area contributed by atoms with E-state index in [-0.39, 0.29) is 5.75 Å². The first-order chi connectivity index (χ1) is 8.41. The summed E-state index contributed by atoms with van der Waals surface area (Å²) in [6.45, 7) is 1.79. The number of aromatic hydroxyl groups is 1. The number of phenols is 1. The van der Waals surface area contributed by atoms with Crippen LogP contribution in [-0.4, -0.2) is 5.11 Å². The minimum absolute atomic E-state index is 0.282. The molecule has 1 N–H and O–H groups in total. The fourth-order valence-electron chi connectivity index (χ4n) is 1.10. The molecule has 18 heavy (non-hydrogen) atoms. The van der Waals surface area contributed by atoms with Crippen molar-refractivity contribution < 1.29 is 22.7 Å². The summed E-state index contributed by atoms with van der Waals surface area (Å²) in [5.74, 6) is -4.59. The maximum absolute atomic E-state index is 12.2. The van der Waals surface area contributed by atoms with Crippen LogP contribution >= 0.6 is 0 Å². The molecule has 0 amide bonds. The van der Waals surface area contributed by atoms with E-state index in [2.05, 4.69) is 0 Å². The van der Waals surface area contributed by atoms with E-state index in [0.29, 0.717) is 0 Å². The van der Waals surface area contributed by atoms with Gasteiger partial charge in [0.15, 0.2) is 29.0 Å². The van der Waals surface area contributed by atoms with Gasteiger partial charge in [0, 0.05) is 0 Å². The van der Waals surface area contributed by atoms with Crippen LogP contribution in [0.5, 0.6) is 5.75 Å². The lowest BCUT2D eigenvalue weighted by molar-refractivity contribution is 0.432. The topological polar surface area (TPSA) is 20.2 Å². The van der Waals surface area contributed by atoms with Gasteiger partial charge in [-0.1, -0.05) is 12.1 Å². The maximum Gasteiger partial charge on any atom is 0.194 e. The molecule has 0 bridgehead atoms. The molecule has 1 nitrogen and oxygen atoms in total. The molecule has 0 heterocycles. The lowest BCUT2D eigenvalue weighted by atomic mass is 10.2. The summed E-state index contributed by atoms with van der Waals surface area (Å²) in [4.78, 5) is 0. The number of aryl methyl sites for hydroxylation is 1. The van der Waals surface area contributed by atoms with Gasteiger partial charge in [-0.3, -0.25) is 0 Å². The summed E-state index contributed by atoms with van der Waals surface area (Å²) in [5, 5.41) is 8.73. The van der Waals surface area contributed by atoms with Gasteiger partial charge in [-0.2, -0.15) is 0 Å². The number of hydrogen-bond acceptors (Lipinski definition) is 1. The average Bonchev–Trinajstić information content (AvgIpc) is 2.32. The number of halogens is 4. The predicted molar refractivity (Wildman–Crippen MR) is 59.1 cm³/mol. The highest BCUT2D eigenvalue weighted by Gasteiger charge is 2.04. The van der Waals surface area contributed by atoms with Crippen molar-refractivity contribution in [2.75, 3.05) is 0 Å². The number of benzene rings is 2. The molecule has 0 aliphatic heterocycles. The van der Waals surface area contributed by atoms with Crippen molar-refractivity contribution in [3.63, 3.8) is 0 Å². The largest absolute Gasteiger partial charge is 0.505 e. The van der Waals surface area contributed by atoms with Crippen LogP contribution < -0.4 is 0 Å². The number of rotatable bonds is 0. The normalized spacial score (nSPS) is 9.61. The second kappa shape index (κ2) is 6.05. The molecule has 0 atom stereocenters. The Hall–Kier alpha value is -2.04. The molecule has 0 aromatic heterocycles. The monoisotopic (exact) mass is 258 g/mol. The van der Waals surface area contributed by atoms with E-state index < -0.39 is 23.3 Å². The Balaban J connectivity index is 0.000000180. The lowest BCUT2D eigenvalue weighted by Gasteiger charge is -1.93. The van der Waals surface area contributed by atoms with Crippen LogP contribution in [0.15, 0.2) is 36.4 Å². The minimum atomic E-state index is -1.42. The summed E-state index contributed by atoms with van der Waals surface area (Å²) < 4.78 is 48.2. The molecule has 2 rings (SSSR count). The van der Waals surface area contributed by atoms with Crippen molar-refractivity contribution in [1.82, 2.24) is 0 Å². The van der Waals surface area contributed by atoms with Crippen molar-refractivity contribution >= 4 is 0 Å². The lowest BCUT2D eigenvalue weighted by Crippen LogP contribution is -1.86. The first-order valence-electron chi connectivity index (χ1n) is 4.96. The molecule has 0 aliphatic carbocycles. The van der Waals surface area contributed by atoms with Crippen molar-refractivity contribution in [3.8, 4) is 5.75 Å². The molecule has 0 saturated heterocycles. The smallest absolute Gasteiger partial charge is 0.194 e. The van der Waals surface area contributed by atoms with E-state index in [1.54, 1.807) is 13.0 Å². The first-order valence-corrected chi connectivity index (χ1v) is 4.96. The quantitative estimate of drug-likeness (QED) is 0.560. The SMILES string of the molecule is Cc1ccc(F)c(O)c1.Fc1cccc(F)c1F. The van der Waals surface area contributed by atoms with Crippen LogP contribution in [-0.2, 0) is 0 Å². The van der Waals surface area contributed by atoms with Crippen LogP contribution in [0.25, 0.3) is 0 Å². The zero-order valence-electron chi connectivity index (χ0n) is 9.42. The molecule has 0 radical (unpaired) electrons. The van der Waals surface area contributed by atoms with Gasteiger partial charge in [0.1, 0.15) is 0 Å². The molecule has 5 heteroatoms. The van der Waals surface area contributed by atoms with Gasteiger partial charge in [-0.05, 0) is 36.8 Å². The highest BCUT2D eigenvalue weighted by atomic mass is 19.2. The Labute approximate surface area is 101 Å². The second-order valence-electron chi connectivity index (χ2n) is 3.49. The number of hydrogen-bond donors (Lipinski definition) is 1. The highest BCUT2D eigenvalue weighted by Crippen LogP contribution is 2.15. The Bertz CT molecular complexity index is 520. The second-order valence-corrected chi connectivity index (χ2v) is 3.49. The van der Waals surface area contributed by atoms with E-state index in [4.69, 9.17) is 5.11 Å². The average molecular weight is 258 g/mol. The van der Waals surface area contributed by atoms with Crippen molar-refractivity contribution in [2.45, 2.75) is 6.92 Å². The summed E-state index contributed by atoms with van der Waals surface area (Å²) in [6.07, 6.45) is 0. The molecular formula is C13H10F4O. The third kappa shape index (κ3) is 3.76. The van der Waals surface area contributed by atoms with Gasteiger partial charge >= 0.3 is 0 Å². The van der Waals surface area contributed by atoms with Gasteiger partial charge in [0.25, 0.3) is 0 Å². The molecular weight excluding hydrogens is 248 g/mol. The molecule has 2 aromatic carbocycles. The zero-order chi connectivity index (χ0) is 13.7. The van der Waals surface area contributed by atoms with Gasteiger partial charge in [-0.25, -0.2) is 17.6 Å². The standard InChI is InChI=1S/C7H7FO.C6H3F3/c1-5-2-3-6(8)7(9)4-5;7-4-2-1-3-5(8)6(4)9/h2-4,9H,1H3;1-3H. The van der Waals surface area contributed by atoms with E-state index in [1.165, 1.54) is 12.1 Å². The zero-order valence-corrected chi connectivity index (χ0v) is 9.42. The van der Waals surface area contributed by atoms with Gasteiger partial charge < -0.3 is 5.11 Å². The fourth-order valence-corrected chi connectivity index (χ4v) is 1.10. The van der Waals surface area contributed by atoms with Gasteiger partial charge in [0.2, 0.25) is 0 Å². The minimum Gasteiger partial charge on any atom is -0.505 e. The Morgan fingerprint density at radius 1 is 0.833 bits per heavy atom. The summed E-state index contributed by atoms with van der Waals surface area (Å²) in [6, 6.07) is 7.06. The maximum atomic E-state index is 12.2. The van der Waals surface area contributed by atoms with Crippen LogP contribution in [0.2, 0.25) is 0 Å². The molecule has 0 aliphatic rings. The molecule has 96 valence electrons. The van der Waals surface area contributed by atoms with Crippen molar-refractivity contribution in [1.29, 1.82) is 0 Å². The van der Waals surface area contributed by atoms with E-state index in [1.807, 2.05) is 0 Å². The Kier molecular flexibility index (Phi) is 4.71. The van der Waals surface area contributed by atoms with Crippen molar-refractivity contribution in [2.24, 2.45) is 0 Å². The molecule has 2 aromatic rings. The van der Waals surface area contributed by atoms with Crippen LogP contribution in [0.1, 0.15) is 5.56 Å².